The van der Waals surface area contributed by atoms with E-state index in [0.29, 0.717) is 35.0 Å². The molecule has 0 amide bonds. The Kier molecular flexibility index (Phi) is 7.88. The third kappa shape index (κ3) is 5.70. The number of carbonyl (C=O) groups excluding carboxylic acids is 1. The number of ether oxygens (including phenoxy) is 2. The van der Waals surface area contributed by atoms with Crippen LogP contribution in [-0.4, -0.2) is 31.8 Å². The molecule has 1 aromatic carbocycles. The number of hydrogen-bond acceptors (Lipinski definition) is 5. The molecule has 1 aliphatic rings. The molecule has 6 heteroatoms. The maximum atomic E-state index is 11.5. The number of benzene rings is 1. The van der Waals surface area contributed by atoms with Crippen molar-refractivity contribution in [3.8, 4) is 5.75 Å². The van der Waals surface area contributed by atoms with Crippen molar-refractivity contribution >= 4 is 28.9 Å². The fourth-order valence-electron chi connectivity index (χ4n) is 3.49. The molecule has 0 radical (unpaired) electrons. The van der Waals surface area contributed by atoms with Crippen LogP contribution in [0.1, 0.15) is 52.9 Å². The number of nitrogen functional groups attached to an aromatic ring is 1. The lowest BCUT2D eigenvalue weighted by atomic mass is 9.93. The van der Waals surface area contributed by atoms with Gasteiger partial charge in [-0.25, -0.2) is 4.79 Å². The van der Waals surface area contributed by atoms with Crippen molar-refractivity contribution in [2.24, 2.45) is 5.92 Å². The van der Waals surface area contributed by atoms with E-state index in [2.05, 4.69) is 18.7 Å². The highest BCUT2D eigenvalue weighted by Crippen LogP contribution is 2.38. The zero-order valence-corrected chi connectivity index (χ0v) is 16.8. The van der Waals surface area contributed by atoms with Crippen LogP contribution in [0.15, 0.2) is 12.1 Å². The van der Waals surface area contributed by atoms with Crippen molar-refractivity contribution in [2.45, 2.75) is 58.9 Å². The summed E-state index contributed by atoms with van der Waals surface area (Å²) in [5.74, 6) is 0.513. The summed E-state index contributed by atoms with van der Waals surface area (Å²) in [6.07, 6.45) is 6.19. The van der Waals surface area contributed by atoms with Gasteiger partial charge in [0, 0.05) is 18.7 Å². The zero-order valence-electron chi connectivity index (χ0n) is 16.1. The van der Waals surface area contributed by atoms with Crippen LogP contribution in [0.25, 0.3) is 0 Å². The molecule has 5 nitrogen and oxygen atoms in total. The number of esters is 1. The van der Waals surface area contributed by atoms with Crippen LogP contribution in [0.4, 0.5) is 11.4 Å². The lowest BCUT2D eigenvalue weighted by Crippen LogP contribution is -2.39. The molecule has 1 fully saturated rings. The summed E-state index contributed by atoms with van der Waals surface area (Å²) in [5, 5.41) is 0.461. The lowest BCUT2D eigenvalue weighted by Gasteiger charge is -2.38. The summed E-state index contributed by atoms with van der Waals surface area (Å²) < 4.78 is 10.4. The van der Waals surface area contributed by atoms with Crippen LogP contribution >= 0.6 is 11.6 Å². The van der Waals surface area contributed by atoms with Crippen LogP contribution in [0.5, 0.6) is 5.75 Å². The van der Waals surface area contributed by atoms with E-state index in [1.807, 2.05) is 6.07 Å². The Bertz CT molecular complexity index is 601. The predicted octanol–water partition coefficient (Wildman–Crippen LogP) is 4.66. The number of anilines is 2. The minimum Gasteiger partial charge on any atom is -0.480 e. The molecule has 0 atom stereocenters. The molecule has 1 aliphatic carbocycles. The number of rotatable bonds is 8. The van der Waals surface area contributed by atoms with E-state index in [9.17, 15) is 4.79 Å². The molecule has 26 heavy (non-hydrogen) atoms. The smallest absolute Gasteiger partial charge is 0.344 e. The van der Waals surface area contributed by atoms with Crippen molar-refractivity contribution in [2.75, 3.05) is 30.4 Å². The molecular weight excluding hydrogens is 352 g/mol. The Hall–Kier alpha value is -1.62. The Labute approximate surface area is 161 Å². The monoisotopic (exact) mass is 382 g/mol. The van der Waals surface area contributed by atoms with E-state index in [0.717, 1.165) is 12.2 Å². The lowest BCUT2D eigenvalue weighted by molar-refractivity contribution is -0.145. The minimum atomic E-state index is -0.421. The number of nitrogens with zero attached hydrogens (tertiary/aromatic N) is 1. The Balaban J connectivity index is 2.20. The van der Waals surface area contributed by atoms with Crippen LogP contribution in [0.3, 0.4) is 0 Å². The third-order valence-electron chi connectivity index (χ3n) is 4.62. The summed E-state index contributed by atoms with van der Waals surface area (Å²) in [6, 6.07) is 4.08. The molecule has 1 saturated carbocycles. The van der Waals surface area contributed by atoms with Gasteiger partial charge in [0.1, 0.15) is 5.75 Å². The SMILES string of the molecule is CCOC(=O)COc1cc(N)c(N(CC(C)C)C2CCCCC2)cc1Cl. The van der Waals surface area contributed by atoms with Crippen LogP contribution < -0.4 is 15.4 Å². The molecule has 0 aliphatic heterocycles. The van der Waals surface area contributed by atoms with Gasteiger partial charge < -0.3 is 20.1 Å². The normalized spacial score (nSPS) is 15.1. The van der Waals surface area contributed by atoms with Crippen molar-refractivity contribution in [1.29, 1.82) is 0 Å². The molecule has 0 aromatic heterocycles. The maximum absolute atomic E-state index is 11.5. The van der Waals surface area contributed by atoms with E-state index in [1.165, 1.54) is 32.1 Å². The summed E-state index contributed by atoms with van der Waals surface area (Å²) in [6.45, 7) is 7.27. The molecule has 0 spiro atoms. The topological polar surface area (TPSA) is 64.8 Å². The maximum Gasteiger partial charge on any atom is 0.344 e. The van der Waals surface area contributed by atoms with Gasteiger partial charge in [-0.1, -0.05) is 44.7 Å². The van der Waals surface area contributed by atoms with Crippen molar-refractivity contribution in [3.63, 3.8) is 0 Å². The van der Waals surface area contributed by atoms with Gasteiger partial charge in [0.25, 0.3) is 0 Å². The second-order valence-electron chi connectivity index (χ2n) is 7.27. The molecular formula is C20H31ClN2O3. The summed E-state index contributed by atoms with van der Waals surface area (Å²) in [7, 11) is 0. The van der Waals surface area contributed by atoms with Gasteiger partial charge in [-0.3, -0.25) is 0 Å². The van der Waals surface area contributed by atoms with Crippen molar-refractivity contribution in [3.05, 3.63) is 17.2 Å². The standard InChI is InChI=1S/C20H31ClN2O3/c1-4-25-20(24)13-26-19-11-17(22)18(10-16(19)21)23(12-14(2)3)15-8-6-5-7-9-15/h10-11,14-15H,4-9,12-13,22H2,1-3H3. The number of carbonyl (C=O) groups is 1. The summed E-state index contributed by atoms with van der Waals surface area (Å²) in [5.41, 5.74) is 7.92. The molecule has 0 heterocycles. The van der Waals surface area contributed by atoms with Gasteiger partial charge in [-0.2, -0.15) is 0 Å². The highest BCUT2D eigenvalue weighted by Gasteiger charge is 2.24. The van der Waals surface area contributed by atoms with E-state index in [4.69, 9.17) is 26.8 Å². The first kappa shape index (κ1) is 20.7. The largest absolute Gasteiger partial charge is 0.480 e. The molecule has 146 valence electrons. The molecule has 2 rings (SSSR count). The van der Waals surface area contributed by atoms with Gasteiger partial charge in [-0.05, 0) is 31.7 Å². The van der Waals surface area contributed by atoms with Crippen LogP contribution in [0, 0.1) is 5.92 Å². The average molecular weight is 383 g/mol. The number of halogens is 1. The third-order valence-corrected chi connectivity index (χ3v) is 4.91. The minimum absolute atomic E-state index is 0.176. The van der Waals surface area contributed by atoms with E-state index < -0.39 is 5.97 Å². The predicted molar refractivity (Wildman–Crippen MR) is 107 cm³/mol. The quantitative estimate of drug-likeness (QED) is 0.523. The first-order valence-corrected chi connectivity index (χ1v) is 9.94. The Morgan fingerprint density at radius 1 is 1.31 bits per heavy atom. The first-order valence-electron chi connectivity index (χ1n) is 9.56. The first-order chi connectivity index (χ1) is 12.4. The van der Waals surface area contributed by atoms with E-state index in [-0.39, 0.29) is 6.61 Å². The highest BCUT2D eigenvalue weighted by atomic mass is 35.5. The van der Waals surface area contributed by atoms with Crippen LogP contribution in [0.2, 0.25) is 5.02 Å². The molecule has 1 aromatic rings. The van der Waals surface area contributed by atoms with Gasteiger partial charge in [0.2, 0.25) is 0 Å². The fraction of sp³-hybridized carbons (Fsp3) is 0.650. The molecule has 0 bridgehead atoms. The second-order valence-corrected chi connectivity index (χ2v) is 7.68. The van der Waals surface area contributed by atoms with E-state index >= 15 is 0 Å². The fourth-order valence-corrected chi connectivity index (χ4v) is 3.70. The zero-order chi connectivity index (χ0) is 19.1. The van der Waals surface area contributed by atoms with E-state index in [1.54, 1.807) is 13.0 Å². The van der Waals surface area contributed by atoms with Crippen molar-refractivity contribution in [1.82, 2.24) is 0 Å². The number of hydrogen-bond donors (Lipinski definition) is 1. The van der Waals surface area contributed by atoms with Gasteiger partial charge >= 0.3 is 5.97 Å². The summed E-state index contributed by atoms with van der Waals surface area (Å²) in [4.78, 5) is 13.9. The highest BCUT2D eigenvalue weighted by molar-refractivity contribution is 6.32. The van der Waals surface area contributed by atoms with Gasteiger partial charge in [0.05, 0.1) is 23.0 Å². The van der Waals surface area contributed by atoms with Crippen molar-refractivity contribution < 1.29 is 14.3 Å². The summed E-state index contributed by atoms with van der Waals surface area (Å²) >= 11 is 6.42. The Morgan fingerprint density at radius 3 is 2.62 bits per heavy atom. The van der Waals surface area contributed by atoms with Gasteiger partial charge in [0.15, 0.2) is 6.61 Å². The second kappa shape index (κ2) is 9.91. The average Bonchev–Trinajstić information content (AvgIpc) is 2.61. The Morgan fingerprint density at radius 2 is 2.00 bits per heavy atom. The molecule has 0 unspecified atom stereocenters. The van der Waals surface area contributed by atoms with Crippen LogP contribution in [-0.2, 0) is 9.53 Å². The van der Waals surface area contributed by atoms with Gasteiger partial charge in [-0.15, -0.1) is 0 Å². The number of nitrogens with two attached hydrogens (primary N) is 1. The molecule has 0 saturated heterocycles. The molecule has 2 N–H and O–H groups in total.